The Balaban J connectivity index is 2.86. The highest BCUT2D eigenvalue weighted by Crippen LogP contribution is 2.09. The summed E-state index contributed by atoms with van der Waals surface area (Å²) in [6.07, 6.45) is 0. The van der Waals surface area contributed by atoms with Crippen LogP contribution in [-0.2, 0) is 4.79 Å². The fraction of sp³-hybridized carbons (Fsp3) is 0.556. The molecule has 8 nitrogen and oxygen atoms in total. The van der Waals surface area contributed by atoms with Gasteiger partial charge >= 0.3 is 0 Å². The highest BCUT2D eigenvalue weighted by molar-refractivity contribution is 5.83. The van der Waals surface area contributed by atoms with Crippen molar-refractivity contribution < 1.29 is 4.79 Å². The van der Waals surface area contributed by atoms with Gasteiger partial charge in [-0.25, -0.2) is 0 Å². The fourth-order valence-corrected chi connectivity index (χ4v) is 1.14. The summed E-state index contributed by atoms with van der Waals surface area (Å²) in [4.78, 5) is 23.6. The lowest BCUT2D eigenvalue weighted by Gasteiger charge is -2.13. The molecule has 1 amide bonds. The Bertz CT molecular complexity index is 373. The zero-order chi connectivity index (χ0) is 12.8. The van der Waals surface area contributed by atoms with Crippen LogP contribution in [0.15, 0.2) is 0 Å². The number of carbonyl (C=O) groups excluding carboxylic acids is 1. The lowest BCUT2D eigenvalue weighted by molar-refractivity contribution is -0.121. The second-order valence-electron chi connectivity index (χ2n) is 3.29. The number of amides is 1. The number of hydrogen-bond donors (Lipinski definition) is 4. The van der Waals surface area contributed by atoms with Crippen LogP contribution in [0.5, 0.6) is 0 Å². The Morgan fingerprint density at radius 3 is 1.88 bits per heavy atom. The van der Waals surface area contributed by atoms with Crippen LogP contribution in [0.2, 0.25) is 0 Å². The van der Waals surface area contributed by atoms with Crippen LogP contribution in [-0.4, -0.2) is 48.0 Å². The Hall–Kier alpha value is -2.12. The van der Waals surface area contributed by atoms with E-state index in [-0.39, 0.29) is 5.91 Å². The molecular weight excluding hydrogens is 222 g/mol. The maximum absolute atomic E-state index is 11.3. The van der Waals surface area contributed by atoms with Crippen LogP contribution < -0.4 is 21.3 Å². The molecule has 1 heterocycles. The van der Waals surface area contributed by atoms with Gasteiger partial charge in [-0.1, -0.05) is 0 Å². The first-order chi connectivity index (χ1) is 8.10. The van der Waals surface area contributed by atoms with Crippen LogP contribution in [0.4, 0.5) is 17.8 Å². The van der Waals surface area contributed by atoms with Gasteiger partial charge in [0, 0.05) is 21.1 Å². The van der Waals surface area contributed by atoms with Crippen LogP contribution in [0.25, 0.3) is 0 Å². The number of rotatable bonds is 5. The normalized spacial score (nSPS) is 11.5. The Kier molecular flexibility index (Phi) is 4.44. The van der Waals surface area contributed by atoms with Crippen molar-refractivity contribution in [1.29, 1.82) is 0 Å². The minimum Gasteiger partial charge on any atom is -0.357 e. The molecule has 1 aromatic rings. The van der Waals surface area contributed by atoms with E-state index in [0.717, 1.165) is 0 Å². The highest BCUT2D eigenvalue weighted by Gasteiger charge is 2.13. The summed E-state index contributed by atoms with van der Waals surface area (Å²) in [5.74, 6) is 1.05. The van der Waals surface area contributed by atoms with Gasteiger partial charge in [-0.15, -0.1) is 0 Å². The van der Waals surface area contributed by atoms with E-state index < -0.39 is 6.04 Å². The van der Waals surface area contributed by atoms with Crippen molar-refractivity contribution in [2.24, 2.45) is 0 Å². The second-order valence-corrected chi connectivity index (χ2v) is 3.29. The molecule has 0 aromatic carbocycles. The van der Waals surface area contributed by atoms with Gasteiger partial charge in [-0.05, 0) is 6.92 Å². The van der Waals surface area contributed by atoms with Gasteiger partial charge in [0.15, 0.2) is 0 Å². The van der Waals surface area contributed by atoms with Crippen LogP contribution in [0, 0.1) is 0 Å². The Morgan fingerprint density at radius 1 is 1.00 bits per heavy atom. The first-order valence-corrected chi connectivity index (χ1v) is 5.20. The zero-order valence-electron chi connectivity index (χ0n) is 10.3. The smallest absolute Gasteiger partial charge is 0.242 e. The summed E-state index contributed by atoms with van der Waals surface area (Å²) in [5, 5.41) is 11.1. The summed E-state index contributed by atoms with van der Waals surface area (Å²) in [6.45, 7) is 1.72. The van der Waals surface area contributed by atoms with E-state index in [1.54, 1.807) is 28.1 Å². The van der Waals surface area contributed by atoms with E-state index >= 15 is 0 Å². The van der Waals surface area contributed by atoms with E-state index in [1.807, 2.05) is 0 Å². The van der Waals surface area contributed by atoms with Crippen LogP contribution >= 0.6 is 0 Å². The number of aromatic nitrogens is 3. The molecule has 0 aliphatic heterocycles. The largest absolute Gasteiger partial charge is 0.357 e. The molecule has 94 valence electrons. The van der Waals surface area contributed by atoms with Crippen molar-refractivity contribution in [3.05, 3.63) is 0 Å². The van der Waals surface area contributed by atoms with Crippen molar-refractivity contribution in [2.45, 2.75) is 13.0 Å². The summed E-state index contributed by atoms with van der Waals surface area (Å²) >= 11 is 0. The van der Waals surface area contributed by atoms with Gasteiger partial charge in [0.25, 0.3) is 0 Å². The predicted molar refractivity (Wildman–Crippen MR) is 66.1 cm³/mol. The molecule has 0 aliphatic rings. The van der Waals surface area contributed by atoms with E-state index in [0.29, 0.717) is 17.8 Å². The summed E-state index contributed by atoms with van der Waals surface area (Å²) in [6, 6.07) is -0.420. The van der Waals surface area contributed by atoms with E-state index in [4.69, 9.17) is 0 Å². The quantitative estimate of drug-likeness (QED) is 0.549. The van der Waals surface area contributed by atoms with Crippen molar-refractivity contribution in [3.63, 3.8) is 0 Å². The first kappa shape index (κ1) is 12.9. The molecule has 4 N–H and O–H groups in total. The molecule has 1 atom stereocenters. The number of hydrogen-bond acceptors (Lipinski definition) is 7. The van der Waals surface area contributed by atoms with Gasteiger partial charge in [0.05, 0.1) is 0 Å². The average Bonchev–Trinajstić information content (AvgIpc) is 2.36. The van der Waals surface area contributed by atoms with Crippen LogP contribution in [0.1, 0.15) is 6.92 Å². The van der Waals surface area contributed by atoms with Crippen molar-refractivity contribution >= 4 is 23.8 Å². The third-order valence-electron chi connectivity index (χ3n) is 2.07. The van der Waals surface area contributed by atoms with Gasteiger partial charge in [-0.2, -0.15) is 15.0 Å². The minimum absolute atomic E-state index is 0.137. The predicted octanol–water partition coefficient (Wildman–Crippen LogP) is -0.499. The molecular formula is C9H17N7O. The highest BCUT2D eigenvalue weighted by atomic mass is 16.2. The van der Waals surface area contributed by atoms with E-state index in [1.165, 1.54) is 0 Å². The number of likely N-dealkylation sites (N-methyl/N-ethyl adjacent to an activating group) is 1. The summed E-state index contributed by atoms with van der Waals surface area (Å²) in [7, 11) is 4.99. The molecule has 0 aliphatic carbocycles. The fourth-order valence-electron chi connectivity index (χ4n) is 1.14. The van der Waals surface area contributed by atoms with Crippen molar-refractivity contribution in [3.8, 4) is 0 Å². The molecule has 0 bridgehead atoms. The lowest BCUT2D eigenvalue weighted by atomic mass is 10.3. The van der Waals surface area contributed by atoms with Crippen LogP contribution in [0.3, 0.4) is 0 Å². The van der Waals surface area contributed by atoms with E-state index in [2.05, 4.69) is 36.2 Å². The number of nitrogens with one attached hydrogen (secondary N) is 4. The molecule has 17 heavy (non-hydrogen) atoms. The topological polar surface area (TPSA) is 104 Å². The molecule has 1 rings (SSSR count). The SMILES string of the molecule is CNC(=O)C(C)Nc1nc(NC)nc(NC)n1. The standard InChI is InChI=1S/C9H17N7O/c1-5(6(17)10-2)13-9-15-7(11-3)14-8(12-4)16-9/h5H,1-4H3,(H,10,17)(H3,11,12,13,14,15,16). The third kappa shape index (κ3) is 3.44. The minimum atomic E-state index is -0.420. The molecule has 0 spiro atoms. The lowest BCUT2D eigenvalue weighted by Crippen LogP contribution is -2.35. The molecule has 1 unspecified atom stereocenters. The zero-order valence-corrected chi connectivity index (χ0v) is 10.3. The van der Waals surface area contributed by atoms with Gasteiger partial charge in [0.2, 0.25) is 23.8 Å². The van der Waals surface area contributed by atoms with Gasteiger partial charge in [0.1, 0.15) is 6.04 Å². The average molecular weight is 239 g/mol. The first-order valence-electron chi connectivity index (χ1n) is 5.20. The molecule has 0 saturated carbocycles. The maximum atomic E-state index is 11.3. The Morgan fingerprint density at radius 2 is 1.47 bits per heavy atom. The number of nitrogens with zero attached hydrogens (tertiary/aromatic N) is 3. The third-order valence-corrected chi connectivity index (χ3v) is 2.07. The Labute approximate surface area is 99.6 Å². The second kappa shape index (κ2) is 5.83. The van der Waals surface area contributed by atoms with Crippen molar-refractivity contribution in [2.75, 3.05) is 37.1 Å². The summed E-state index contributed by atoms with van der Waals surface area (Å²) < 4.78 is 0. The van der Waals surface area contributed by atoms with Gasteiger partial charge < -0.3 is 21.3 Å². The molecule has 1 aromatic heterocycles. The molecule has 0 saturated heterocycles. The van der Waals surface area contributed by atoms with Crippen molar-refractivity contribution in [1.82, 2.24) is 20.3 Å². The van der Waals surface area contributed by atoms with Gasteiger partial charge in [-0.3, -0.25) is 4.79 Å². The molecule has 0 radical (unpaired) electrons. The number of anilines is 3. The monoisotopic (exact) mass is 239 g/mol. The van der Waals surface area contributed by atoms with E-state index in [9.17, 15) is 4.79 Å². The molecule has 8 heteroatoms. The maximum Gasteiger partial charge on any atom is 0.242 e. The molecule has 0 fully saturated rings. The summed E-state index contributed by atoms with van der Waals surface area (Å²) in [5.41, 5.74) is 0. The number of carbonyl (C=O) groups is 1.